The molecule has 7 aromatic carbocycles. The van der Waals surface area contributed by atoms with E-state index >= 15 is 0 Å². The molecular formula is C46H27N3OS. The number of rotatable bonds is 4. The van der Waals surface area contributed by atoms with E-state index in [9.17, 15) is 0 Å². The van der Waals surface area contributed by atoms with E-state index in [1.165, 1.54) is 20.2 Å². The van der Waals surface area contributed by atoms with E-state index in [0.29, 0.717) is 0 Å². The Hall–Kier alpha value is -6.56. The summed E-state index contributed by atoms with van der Waals surface area (Å²) in [6.45, 7) is 0. The van der Waals surface area contributed by atoms with Crippen LogP contribution in [0.25, 0.3) is 104 Å². The molecule has 0 saturated carbocycles. The minimum Gasteiger partial charge on any atom is -0.455 e. The Morgan fingerprint density at radius 3 is 2.10 bits per heavy atom. The lowest BCUT2D eigenvalue weighted by Gasteiger charge is -2.12. The molecule has 0 unspecified atom stereocenters. The lowest BCUT2D eigenvalue weighted by molar-refractivity contribution is 0.673. The standard InChI is InChI=1S/C46H27N3OS/c1-2-12-28(13-3-1)37-27-38(48-46(47-37)36-20-11-19-34-32-17-6-9-23-42(32)51-45(34)36)29-14-10-15-30(26-29)49-39-21-7-4-18-35(39)43-40(49)25-24-33-31-16-5-8-22-41(31)50-44(33)43/h1-27H. The molecule has 11 rings (SSSR count). The fraction of sp³-hybridized carbons (Fsp3) is 0. The normalized spacial score (nSPS) is 11.9. The maximum absolute atomic E-state index is 6.55. The molecule has 238 valence electrons. The predicted octanol–water partition coefficient (Wildman–Crippen LogP) is 12.8. The number of furan rings is 1. The smallest absolute Gasteiger partial charge is 0.161 e. The first-order valence-corrected chi connectivity index (χ1v) is 17.9. The highest BCUT2D eigenvalue weighted by Crippen LogP contribution is 2.42. The first-order valence-electron chi connectivity index (χ1n) is 17.1. The van der Waals surface area contributed by atoms with Crippen LogP contribution in [0.15, 0.2) is 168 Å². The third kappa shape index (κ3) is 4.32. The van der Waals surface area contributed by atoms with Crippen LogP contribution in [0.5, 0.6) is 0 Å². The molecule has 0 aliphatic rings. The highest BCUT2D eigenvalue weighted by Gasteiger charge is 2.20. The van der Waals surface area contributed by atoms with Gasteiger partial charge in [-0.2, -0.15) is 0 Å². The van der Waals surface area contributed by atoms with Gasteiger partial charge in [-0.05, 0) is 54.6 Å². The molecule has 0 N–H and O–H groups in total. The quantitative estimate of drug-likeness (QED) is 0.187. The van der Waals surface area contributed by atoms with Gasteiger partial charge in [0, 0.05) is 58.7 Å². The highest BCUT2D eigenvalue weighted by atomic mass is 32.1. The van der Waals surface area contributed by atoms with Crippen molar-refractivity contribution in [2.75, 3.05) is 0 Å². The molecule has 0 radical (unpaired) electrons. The van der Waals surface area contributed by atoms with Crippen LogP contribution in [0.1, 0.15) is 0 Å². The van der Waals surface area contributed by atoms with Gasteiger partial charge < -0.3 is 8.98 Å². The SMILES string of the molecule is c1ccc(-c2cc(-c3cccc(-n4c5ccccc5c5c6oc7ccccc7c6ccc54)c3)nc(-c3cccc4c3sc3ccccc34)n2)cc1. The van der Waals surface area contributed by atoms with Gasteiger partial charge in [0.25, 0.3) is 0 Å². The summed E-state index contributed by atoms with van der Waals surface area (Å²) < 4.78 is 11.4. The number of benzene rings is 7. The molecule has 51 heavy (non-hydrogen) atoms. The van der Waals surface area contributed by atoms with Crippen molar-refractivity contribution in [1.82, 2.24) is 14.5 Å². The van der Waals surface area contributed by atoms with Crippen LogP contribution in [-0.4, -0.2) is 14.5 Å². The number of para-hydroxylation sites is 2. The maximum atomic E-state index is 6.55. The lowest BCUT2D eigenvalue weighted by Crippen LogP contribution is -1.98. The van der Waals surface area contributed by atoms with Crippen LogP contribution in [0.4, 0.5) is 0 Å². The number of nitrogens with zero attached hydrogens (tertiary/aromatic N) is 3. The molecule has 0 amide bonds. The van der Waals surface area contributed by atoms with Crippen molar-refractivity contribution >= 4 is 75.3 Å². The summed E-state index contributed by atoms with van der Waals surface area (Å²) in [6.07, 6.45) is 0. The molecule has 0 aliphatic heterocycles. The average molecular weight is 670 g/mol. The first-order chi connectivity index (χ1) is 25.3. The second-order valence-electron chi connectivity index (χ2n) is 12.9. The van der Waals surface area contributed by atoms with Gasteiger partial charge in [-0.3, -0.25) is 0 Å². The van der Waals surface area contributed by atoms with Crippen LogP contribution in [0.2, 0.25) is 0 Å². The Labute approximate surface area is 296 Å². The largest absolute Gasteiger partial charge is 0.455 e. The molecule has 0 aliphatic carbocycles. The molecule has 4 nitrogen and oxygen atoms in total. The number of thiophene rings is 1. The minimum absolute atomic E-state index is 0.720. The fourth-order valence-corrected chi connectivity index (χ4v) is 8.92. The molecule has 0 saturated heterocycles. The van der Waals surface area contributed by atoms with Crippen LogP contribution in [0, 0.1) is 0 Å². The van der Waals surface area contributed by atoms with Crippen LogP contribution in [0.3, 0.4) is 0 Å². The number of fused-ring (bicyclic) bond motifs is 10. The van der Waals surface area contributed by atoms with Crippen LogP contribution < -0.4 is 0 Å². The van der Waals surface area contributed by atoms with E-state index in [4.69, 9.17) is 14.4 Å². The Bertz CT molecular complexity index is 3150. The van der Waals surface area contributed by atoms with E-state index in [1.54, 1.807) is 11.3 Å². The zero-order valence-electron chi connectivity index (χ0n) is 27.2. The fourth-order valence-electron chi connectivity index (χ4n) is 7.71. The van der Waals surface area contributed by atoms with Gasteiger partial charge >= 0.3 is 0 Å². The monoisotopic (exact) mass is 669 g/mol. The Kier molecular flexibility index (Phi) is 6.09. The zero-order chi connectivity index (χ0) is 33.5. The predicted molar refractivity (Wildman–Crippen MR) is 213 cm³/mol. The molecule has 0 spiro atoms. The summed E-state index contributed by atoms with van der Waals surface area (Å²) >= 11 is 1.80. The molecule has 0 atom stereocenters. The maximum Gasteiger partial charge on any atom is 0.161 e. The minimum atomic E-state index is 0.720. The third-order valence-corrected chi connectivity index (χ3v) is 11.2. The van der Waals surface area contributed by atoms with Gasteiger partial charge in [-0.1, -0.05) is 109 Å². The van der Waals surface area contributed by atoms with Crippen LogP contribution in [-0.2, 0) is 0 Å². The Morgan fingerprint density at radius 2 is 1.20 bits per heavy atom. The van der Waals surface area contributed by atoms with Gasteiger partial charge in [0.05, 0.1) is 27.8 Å². The van der Waals surface area contributed by atoms with Crippen molar-refractivity contribution in [2.24, 2.45) is 0 Å². The second-order valence-corrected chi connectivity index (χ2v) is 14.0. The van der Waals surface area contributed by atoms with E-state index in [0.717, 1.165) is 83.3 Å². The van der Waals surface area contributed by atoms with Crippen molar-refractivity contribution in [2.45, 2.75) is 0 Å². The summed E-state index contributed by atoms with van der Waals surface area (Å²) in [4.78, 5) is 10.5. The van der Waals surface area contributed by atoms with Gasteiger partial charge in [0.15, 0.2) is 5.82 Å². The van der Waals surface area contributed by atoms with E-state index in [-0.39, 0.29) is 0 Å². The summed E-state index contributed by atoms with van der Waals surface area (Å²) in [7, 11) is 0. The van der Waals surface area contributed by atoms with Gasteiger partial charge in [0.2, 0.25) is 0 Å². The zero-order valence-corrected chi connectivity index (χ0v) is 28.1. The van der Waals surface area contributed by atoms with Crippen LogP contribution >= 0.6 is 11.3 Å². The van der Waals surface area contributed by atoms with E-state index in [2.05, 4.69) is 150 Å². The summed E-state index contributed by atoms with van der Waals surface area (Å²) in [5.74, 6) is 0.720. The number of hydrogen-bond donors (Lipinski definition) is 0. The first kappa shape index (κ1) is 28.3. The molecule has 0 fully saturated rings. The van der Waals surface area contributed by atoms with Crippen molar-refractivity contribution in [3.8, 4) is 39.6 Å². The van der Waals surface area contributed by atoms with Gasteiger partial charge in [-0.15, -0.1) is 11.3 Å². The van der Waals surface area contributed by atoms with Crippen molar-refractivity contribution < 1.29 is 4.42 Å². The second kappa shape index (κ2) is 11.0. The van der Waals surface area contributed by atoms with Crippen molar-refractivity contribution in [1.29, 1.82) is 0 Å². The number of aromatic nitrogens is 3. The van der Waals surface area contributed by atoms with Crippen molar-refractivity contribution in [3.05, 3.63) is 164 Å². The molecule has 4 aromatic heterocycles. The van der Waals surface area contributed by atoms with E-state index in [1.807, 2.05) is 18.2 Å². The van der Waals surface area contributed by atoms with Gasteiger partial charge in [0.1, 0.15) is 11.2 Å². The molecular weight excluding hydrogens is 643 g/mol. The summed E-state index contributed by atoms with van der Waals surface area (Å²) in [5, 5.41) is 7.04. The summed E-state index contributed by atoms with van der Waals surface area (Å²) in [6, 6.07) is 57.6. The third-order valence-electron chi connectivity index (χ3n) is 10.0. The van der Waals surface area contributed by atoms with Crippen molar-refractivity contribution in [3.63, 3.8) is 0 Å². The van der Waals surface area contributed by atoms with E-state index < -0.39 is 0 Å². The molecule has 11 aromatic rings. The highest BCUT2D eigenvalue weighted by molar-refractivity contribution is 7.26. The van der Waals surface area contributed by atoms with Gasteiger partial charge in [-0.25, -0.2) is 9.97 Å². The molecule has 5 heteroatoms. The average Bonchev–Trinajstić information content (AvgIpc) is 3.88. The Morgan fingerprint density at radius 1 is 0.490 bits per heavy atom. The Balaban J connectivity index is 1.14. The summed E-state index contributed by atoms with van der Waals surface area (Å²) in [5.41, 5.74) is 9.99. The lowest BCUT2D eigenvalue weighted by atomic mass is 10.0. The molecule has 4 heterocycles. The topological polar surface area (TPSA) is 43.9 Å². The number of hydrogen-bond acceptors (Lipinski definition) is 4. The molecule has 0 bridgehead atoms.